The van der Waals surface area contributed by atoms with Gasteiger partial charge < -0.3 is 24.6 Å². The molecule has 9 heteroatoms. The number of aromatic hydroxyl groups is 1. The number of phenolic OH excluding ortho intramolecular Hbond substituents is 1. The van der Waals surface area contributed by atoms with E-state index < -0.39 is 29.7 Å². The maximum Gasteiger partial charge on any atom is 0.261 e. The quantitative estimate of drug-likeness (QED) is 0.546. The second-order valence-electron chi connectivity index (χ2n) is 8.57. The number of para-hydroxylation sites is 1. The molecule has 3 aliphatic rings. The average molecular weight is 472 g/mol. The molecule has 9 nitrogen and oxygen atoms in total. The van der Waals surface area contributed by atoms with Crippen LogP contribution < -0.4 is 14.4 Å². The van der Waals surface area contributed by atoms with Crippen LogP contribution in [-0.4, -0.2) is 59.3 Å². The SMILES string of the molecule is O=C1c2ccccc2C(=O)N1CCN1C(=O)C(CO)(c2cc3c(cc2O)OCO3)c2ccccc21. The summed E-state index contributed by atoms with van der Waals surface area (Å²) in [4.78, 5) is 42.1. The van der Waals surface area contributed by atoms with E-state index in [4.69, 9.17) is 9.47 Å². The zero-order chi connectivity index (χ0) is 24.3. The predicted molar refractivity (Wildman–Crippen MR) is 123 cm³/mol. The van der Waals surface area contributed by atoms with Gasteiger partial charge in [-0.1, -0.05) is 30.3 Å². The minimum atomic E-state index is -1.59. The van der Waals surface area contributed by atoms with Crippen molar-refractivity contribution in [2.24, 2.45) is 0 Å². The maximum absolute atomic E-state index is 13.9. The van der Waals surface area contributed by atoms with E-state index in [9.17, 15) is 24.6 Å². The van der Waals surface area contributed by atoms with E-state index in [-0.39, 0.29) is 31.2 Å². The largest absolute Gasteiger partial charge is 0.507 e. The summed E-state index contributed by atoms with van der Waals surface area (Å²) in [6, 6.07) is 16.4. The van der Waals surface area contributed by atoms with Gasteiger partial charge in [0.25, 0.3) is 11.8 Å². The van der Waals surface area contributed by atoms with Crippen LogP contribution in [0.25, 0.3) is 0 Å². The zero-order valence-electron chi connectivity index (χ0n) is 18.4. The number of imide groups is 1. The van der Waals surface area contributed by atoms with Crippen LogP contribution in [0.4, 0.5) is 5.69 Å². The smallest absolute Gasteiger partial charge is 0.261 e. The molecule has 0 spiro atoms. The fourth-order valence-electron chi connectivity index (χ4n) is 5.16. The van der Waals surface area contributed by atoms with Gasteiger partial charge >= 0.3 is 0 Å². The van der Waals surface area contributed by atoms with Crippen molar-refractivity contribution in [1.82, 2.24) is 4.90 Å². The molecule has 0 saturated heterocycles. The van der Waals surface area contributed by atoms with Gasteiger partial charge in [0.1, 0.15) is 11.2 Å². The Kier molecular flexibility index (Phi) is 4.58. The fraction of sp³-hybridized carbons (Fsp3) is 0.192. The van der Waals surface area contributed by atoms with Crippen molar-refractivity contribution in [3.8, 4) is 17.2 Å². The van der Waals surface area contributed by atoms with Gasteiger partial charge in [0, 0.05) is 30.4 Å². The van der Waals surface area contributed by atoms with E-state index in [2.05, 4.69) is 0 Å². The highest BCUT2D eigenvalue weighted by molar-refractivity contribution is 6.21. The Bertz CT molecular complexity index is 1380. The molecule has 1 unspecified atom stereocenters. The van der Waals surface area contributed by atoms with Crippen molar-refractivity contribution in [2.45, 2.75) is 5.41 Å². The molecule has 0 radical (unpaired) electrons. The van der Waals surface area contributed by atoms with E-state index in [0.717, 1.165) is 4.90 Å². The number of benzene rings is 3. The van der Waals surface area contributed by atoms with Gasteiger partial charge in [0.05, 0.1) is 17.7 Å². The Labute approximate surface area is 199 Å². The fourth-order valence-corrected chi connectivity index (χ4v) is 5.16. The molecule has 0 aliphatic carbocycles. The molecule has 3 aromatic rings. The van der Waals surface area contributed by atoms with Gasteiger partial charge in [0.2, 0.25) is 12.7 Å². The Morgan fingerprint density at radius 3 is 2.09 bits per heavy atom. The summed E-state index contributed by atoms with van der Waals surface area (Å²) < 4.78 is 10.8. The van der Waals surface area contributed by atoms with Crippen LogP contribution in [0, 0.1) is 0 Å². The highest BCUT2D eigenvalue weighted by Crippen LogP contribution is 2.51. The van der Waals surface area contributed by atoms with Crippen LogP contribution in [0.3, 0.4) is 0 Å². The number of aliphatic hydroxyl groups is 1. The normalized spacial score (nSPS) is 20.0. The molecule has 3 aromatic carbocycles. The third-order valence-corrected chi connectivity index (χ3v) is 6.88. The number of nitrogens with zero attached hydrogens (tertiary/aromatic N) is 2. The van der Waals surface area contributed by atoms with E-state index in [1.54, 1.807) is 48.5 Å². The van der Waals surface area contributed by atoms with Crippen molar-refractivity contribution in [2.75, 3.05) is 31.4 Å². The van der Waals surface area contributed by atoms with E-state index in [0.29, 0.717) is 33.9 Å². The molecule has 1 atom stereocenters. The molecule has 2 N–H and O–H groups in total. The lowest BCUT2D eigenvalue weighted by atomic mass is 9.75. The highest BCUT2D eigenvalue weighted by atomic mass is 16.7. The number of anilines is 1. The van der Waals surface area contributed by atoms with Crippen LogP contribution in [0.2, 0.25) is 0 Å². The van der Waals surface area contributed by atoms with Crippen LogP contribution >= 0.6 is 0 Å². The van der Waals surface area contributed by atoms with Gasteiger partial charge in [-0.2, -0.15) is 0 Å². The molecular formula is C26H20N2O7. The Morgan fingerprint density at radius 2 is 1.40 bits per heavy atom. The van der Waals surface area contributed by atoms with Crippen LogP contribution in [0.5, 0.6) is 17.2 Å². The van der Waals surface area contributed by atoms with Gasteiger partial charge in [0.15, 0.2) is 11.5 Å². The lowest BCUT2D eigenvalue weighted by Crippen LogP contribution is -2.46. The lowest BCUT2D eigenvalue weighted by Gasteiger charge is -2.28. The summed E-state index contributed by atoms with van der Waals surface area (Å²) in [5, 5.41) is 21.4. The number of hydrogen-bond donors (Lipinski definition) is 2. The summed E-state index contributed by atoms with van der Waals surface area (Å²) in [6.07, 6.45) is 0. The number of rotatable bonds is 5. The number of phenols is 1. The molecule has 3 amide bonds. The number of aliphatic hydroxyl groups excluding tert-OH is 1. The van der Waals surface area contributed by atoms with E-state index in [1.165, 1.54) is 17.0 Å². The molecule has 0 saturated carbocycles. The zero-order valence-corrected chi connectivity index (χ0v) is 18.4. The third-order valence-electron chi connectivity index (χ3n) is 6.88. The van der Waals surface area contributed by atoms with Gasteiger partial charge in [-0.05, 0) is 29.8 Å². The molecule has 3 heterocycles. The number of ether oxygens (including phenoxy) is 2. The number of carbonyl (C=O) groups excluding carboxylic acids is 3. The molecule has 6 rings (SSSR count). The summed E-state index contributed by atoms with van der Waals surface area (Å²) >= 11 is 0. The summed E-state index contributed by atoms with van der Waals surface area (Å²) in [6.45, 7) is -0.629. The van der Waals surface area contributed by atoms with Crippen molar-refractivity contribution in [3.05, 3.63) is 82.9 Å². The lowest BCUT2D eigenvalue weighted by molar-refractivity contribution is -0.123. The first-order valence-corrected chi connectivity index (χ1v) is 11.1. The first kappa shape index (κ1) is 21.2. The van der Waals surface area contributed by atoms with Crippen molar-refractivity contribution in [3.63, 3.8) is 0 Å². The predicted octanol–water partition coefficient (Wildman–Crippen LogP) is 2.04. The first-order valence-electron chi connectivity index (χ1n) is 11.1. The minimum Gasteiger partial charge on any atom is -0.507 e. The second kappa shape index (κ2) is 7.57. The first-order chi connectivity index (χ1) is 17.0. The summed E-state index contributed by atoms with van der Waals surface area (Å²) in [7, 11) is 0. The van der Waals surface area contributed by atoms with Crippen LogP contribution in [0.1, 0.15) is 31.8 Å². The maximum atomic E-state index is 13.9. The molecule has 35 heavy (non-hydrogen) atoms. The Hall–Kier alpha value is -4.37. The Morgan fingerprint density at radius 1 is 0.800 bits per heavy atom. The van der Waals surface area contributed by atoms with Crippen molar-refractivity contribution < 1.29 is 34.1 Å². The number of hydrogen-bond acceptors (Lipinski definition) is 7. The third kappa shape index (κ3) is 2.82. The molecular weight excluding hydrogens is 452 g/mol. The highest BCUT2D eigenvalue weighted by Gasteiger charge is 2.53. The van der Waals surface area contributed by atoms with E-state index >= 15 is 0 Å². The number of fused-ring (bicyclic) bond motifs is 3. The molecule has 3 aliphatic heterocycles. The molecule has 0 fully saturated rings. The molecule has 0 aromatic heterocycles. The number of amides is 3. The summed E-state index contributed by atoms with van der Waals surface area (Å²) in [5.74, 6) is -0.804. The van der Waals surface area contributed by atoms with Gasteiger partial charge in [-0.25, -0.2) is 0 Å². The molecule has 176 valence electrons. The van der Waals surface area contributed by atoms with Crippen molar-refractivity contribution >= 4 is 23.4 Å². The van der Waals surface area contributed by atoms with Crippen LogP contribution in [-0.2, 0) is 10.2 Å². The summed E-state index contributed by atoms with van der Waals surface area (Å²) in [5.41, 5.74) is 0.291. The average Bonchev–Trinajstić information content (AvgIpc) is 3.50. The van der Waals surface area contributed by atoms with Crippen LogP contribution in [0.15, 0.2) is 60.7 Å². The van der Waals surface area contributed by atoms with Gasteiger partial charge in [-0.3, -0.25) is 19.3 Å². The standard InChI is InChI=1S/C26H20N2O7/c29-13-26(18-11-21-22(12-20(18)30)35-14-34-21)17-7-3-4-8-19(17)27(25(26)33)9-10-28-23(31)15-5-1-2-6-16(15)24(28)32/h1-8,11-12,29-30H,9-10,13-14H2. The Balaban J connectivity index is 1.37. The topological polar surface area (TPSA) is 117 Å². The number of carbonyl (C=O) groups is 3. The second-order valence-corrected chi connectivity index (χ2v) is 8.57. The molecule has 0 bridgehead atoms. The van der Waals surface area contributed by atoms with Crippen molar-refractivity contribution in [1.29, 1.82) is 0 Å². The minimum absolute atomic E-state index is 0.0126. The van der Waals surface area contributed by atoms with E-state index in [1.807, 2.05) is 0 Å². The monoisotopic (exact) mass is 472 g/mol. The van der Waals surface area contributed by atoms with Gasteiger partial charge in [-0.15, -0.1) is 0 Å².